The SMILES string of the molecule is COC(=O)c1sc2ncn3nc(-c4ccc(COc5ccc(Br)cc5Cl)o4)nc3c2c1C. The van der Waals surface area contributed by atoms with E-state index in [0.717, 1.165) is 15.4 Å². The Hall–Kier alpha value is -2.95. The van der Waals surface area contributed by atoms with Gasteiger partial charge >= 0.3 is 5.97 Å². The van der Waals surface area contributed by atoms with E-state index in [1.807, 2.05) is 13.0 Å². The maximum absolute atomic E-state index is 12.1. The third-order valence-electron chi connectivity index (χ3n) is 4.78. The molecule has 0 aliphatic carbocycles. The molecule has 0 bridgehead atoms. The van der Waals surface area contributed by atoms with Crippen LogP contribution in [-0.4, -0.2) is 32.7 Å². The Labute approximate surface area is 198 Å². The van der Waals surface area contributed by atoms with Crippen molar-refractivity contribution in [2.24, 2.45) is 0 Å². The minimum Gasteiger partial charge on any atom is -0.484 e. The molecule has 0 fully saturated rings. The van der Waals surface area contributed by atoms with Gasteiger partial charge in [0.05, 0.1) is 17.5 Å². The molecule has 5 rings (SSSR count). The summed E-state index contributed by atoms with van der Waals surface area (Å²) in [5.41, 5.74) is 1.35. The molecule has 4 aromatic heterocycles. The molecular weight excluding hydrogens is 520 g/mol. The first kappa shape index (κ1) is 20.9. The number of aryl methyl sites for hydroxylation is 1. The monoisotopic (exact) mass is 532 g/mol. The van der Waals surface area contributed by atoms with Crippen molar-refractivity contribution in [3.63, 3.8) is 0 Å². The van der Waals surface area contributed by atoms with Crippen molar-refractivity contribution < 1.29 is 18.7 Å². The quantitative estimate of drug-likeness (QED) is 0.268. The Balaban J connectivity index is 1.45. The standard InChI is InChI=1S/C21H14BrClN4O4S/c1-10-16-19-25-18(26-27(19)9-24-20(16)32-17(10)21(28)29-2)15-6-4-12(31-15)8-30-14-5-3-11(22)7-13(14)23/h3-7,9H,8H2,1-2H3. The van der Waals surface area contributed by atoms with E-state index in [1.165, 1.54) is 18.4 Å². The number of thiophene rings is 1. The summed E-state index contributed by atoms with van der Waals surface area (Å²) in [6.07, 6.45) is 1.56. The van der Waals surface area contributed by atoms with Crippen LogP contribution in [0.2, 0.25) is 5.02 Å². The lowest BCUT2D eigenvalue weighted by molar-refractivity contribution is 0.0605. The van der Waals surface area contributed by atoms with E-state index in [1.54, 1.807) is 35.1 Å². The van der Waals surface area contributed by atoms with Gasteiger partial charge in [-0.3, -0.25) is 0 Å². The van der Waals surface area contributed by atoms with Gasteiger partial charge in [0.25, 0.3) is 0 Å². The fourth-order valence-corrected chi connectivity index (χ4v) is 5.03. The number of benzene rings is 1. The van der Waals surface area contributed by atoms with Crippen LogP contribution in [0.5, 0.6) is 5.75 Å². The van der Waals surface area contributed by atoms with Gasteiger partial charge in [0.15, 0.2) is 11.4 Å². The number of aromatic nitrogens is 4. The van der Waals surface area contributed by atoms with Crippen LogP contribution in [0, 0.1) is 6.92 Å². The molecule has 1 aromatic carbocycles. The average molecular weight is 534 g/mol. The predicted molar refractivity (Wildman–Crippen MR) is 123 cm³/mol. The molecule has 0 aliphatic rings. The minimum atomic E-state index is -0.398. The molecular formula is C21H14BrClN4O4S. The summed E-state index contributed by atoms with van der Waals surface area (Å²) in [6, 6.07) is 8.97. The molecule has 0 unspecified atom stereocenters. The summed E-state index contributed by atoms with van der Waals surface area (Å²) < 4.78 is 18.9. The predicted octanol–water partition coefficient (Wildman–Crippen LogP) is 5.69. The normalized spacial score (nSPS) is 11.4. The second-order valence-electron chi connectivity index (χ2n) is 6.81. The topological polar surface area (TPSA) is 91.8 Å². The molecule has 162 valence electrons. The zero-order chi connectivity index (χ0) is 22.4. The summed E-state index contributed by atoms with van der Waals surface area (Å²) >= 11 is 10.8. The lowest BCUT2D eigenvalue weighted by Gasteiger charge is -2.06. The summed E-state index contributed by atoms with van der Waals surface area (Å²) in [5, 5.41) is 5.74. The molecule has 0 aliphatic heterocycles. The molecule has 0 spiro atoms. The molecule has 0 radical (unpaired) electrons. The number of hydrogen-bond acceptors (Lipinski definition) is 8. The lowest BCUT2D eigenvalue weighted by Crippen LogP contribution is -1.99. The highest BCUT2D eigenvalue weighted by atomic mass is 79.9. The minimum absolute atomic E-state index is 0.201. The van der Waals surface area contributed by atoms with Crippen molar-refractivity contribution >= 4 is 60.7 Å². The molecule has 5 aromatic rings. The van der Waals surface area contributed by atoms with Crippen molar-refractivity contribution in [1.29, 1.82) is 0 Å². The molecule has 32 heavy (non-hydrogen) atoms. The van der Waals surface area contributed by atoms with E-state index in [2.05, 4.69) is 31.0 Å². The van der Waals surface area contributed by atoms with Crippen LogP contribution in [0.15, 0.2) is 45.5 Å². The van der Waals surface area contributed by atoms with Crippen LogP contribution in [0.1, 0.15) is 21.0 Å². The lowest BCUT2D eigenvalue weighted by atomic mass is 10.2. The zero-order valence-electron chi connectivity index (χ0n) is 16.8. The third kappa shape index (κ3) is 3.64. The van der Waals surface area contributed by atoms with Crippen molar-refractivity contribution in [2.75, 3.05) is 7.11 Å². The van der Waals surface area contributed by atoms with Gasteiger partial charge in [0, 0.05) is 4.47 Å². The van der Waals surface area contributed by atoms with E-state index < -0.39 is 5.97 Å². The Morgan fingerprint density at radius 2 is 2.16 bits per heavy atom. The second-order valence-corrected chi connectivity index (χ2v) is 9.13. The molecule has 11 heteroatoms. The Kier molecular flexibility index (Phi) is 5.36. The molecule has 0 saturated heterocycles. The highest BCUT2D eigenvalue weighted by Gasteiger charge is 2.21. The van der Waals surface area contributed by atoms with Crippen molar-refractivity contribution in [2.45, 2.75) is 13.5 Å². The Morgan fingerprint density at radius 3 is 2.94 bits per heavy atom. The summed E-state index contributed by atoms with van der Waals surface area (Å²) in [5.74, 6) is 1.65. The van der Waals surface area contributed by atoms with E-state index in [-0.39, 0.29) is 6.61 Å². The highest BCUT2D eigenvalue weighted by Crippen LogP contribution is 2.33. The van der Waals surface area contributed by atoms with E-state index in [0.29, 0.717) is 43.5 Å². The van der Waals surface area contributed by atoms with Crippen molar-refractivity contribution in [3.8, 4) is 17.3 Å². The van der Waals surface area contributed by atoms with Gasteiger partial charge in [-0.25, -0.2) is 19.3 Å². The van der Waals surface area contributed by atoms with E-state index >= 15 is 0 Å². The smallest absolute Gasteiger partial charge is 0.348 e. The number of esters is 1. The molecule has 0 atom stereocenters. The number of fused-ring (bicyclic) bond motifs is 3. The first-order valence-corrected chi connectivity index (χ1v) is 11.3. The maximum atomic E-state index is 12.1. The van der Waals surface area contributed by atoms with Crippen molar-refractivity contribution in [3.05, 3.63) is 62.4 Å². The van der Waals surface area contributed by atoms with Crippen LogP contribution >= 0.6 is 38.9 Å². The van der Waals surface area contributed by atoms with Gasteiger partial charge in [0.1, 0.15) is 34.2 Å². The second kappa shape index (κ2) is 8.19. The number of ether oxygens (including phenoxy) is 2. The molecule has 0 saturated carbocycles. The number of furan rings is 1. The van der Waals surface area contributed by atoms with Crippen LogP contribution in [0.4, 0.5) is 0 Å². The van der Waals surface area contributed by atoms with E-state index in [9.17, 15) is 4.79 Å². The zero-order valence-corrected chi connectivity index (χ0v) is 19.9. The first-order valence-electron chi connectivity index (χ1n) is 9.34. The Morgan fingerprint density at radius 1 is 1.31 bits per heavy atom. The number of hydrogen-bond donors (Lipinski definition) is 0. The van der Waals surface area contributed by atoms with Crippen LogP contribution in [0.25, 0.3) is 27.4 Å². The van der Waals surface area contributed by atoms with Gasteiger partial charge < -0.3 is 13.9 Å². The molecule has 4 heterocycles. The van der Waals surface area contributed by atoms with Gasteiger partial charge in [0.2, 0.25) is 5.82 Å². The van der Waals surface area contributed by atoms with E-state index in [4.69, 9.17) is 25.5 Å². The average Bonchev–Trinajstić information content (AvgIpc) is 3.49. The highest BCUT2D eigenvalue weighted by molar-refractivity contribution is 9.10. The number of methoxy groups -OCH3 is 1. The van der Waals surface area contributed by atoms with Gasteiger partial charge in [-0.1, -0.05) is 27.5 Å². The summed E-state index contributed by atoms with van der Waals surface area (Å²) in [6.45, 7) is 2.05. The largest absolute Gasteiger partial charge is 0.484 e. The summed E-state index contributed by atoms with van der Waals surface area (Å²) in [4.78, 5) is 22.3. The van der Waals surface area contributed by atoms with Crippen molar-refractivity contribution in [1.82, 2.24) is 19.6 Å². The fourth-order valence-electron chi connectivity index (χ4n) is 3.24. The number of rotatable bonds is 5. The number of carbonyl (C=O) groups excluding carboxylic acids is 1. The Bertz CT molecular complexity index is 1490. The maximum Gasteiger partial charge on any atom is 0.348 e. The molecule has 0 amide bonds. The summed E-state index contributed by atoms with van der Waals surface area (Å²) in [7, 11) is 1.35. The van der Waals surface area contributed by atoms with Crippen LogP contribution in [0.3, 0.4) is 0 Å². The number of halogens is 2. The number of carbonyl (C=O) groups is 1. The first-order chi connectivity index (χ1) is 15.4. The number of nitrogens with zero attached hydrogens (tertiary/aromatic N) is 4. The third-order valence-corrected chi connectivity index (χ3v) is 6.75. The fraction of sp³-hybridized carbons (Fsp3) is 0.143. The molecule has 8 nitrogen and oxygen atoms in total. The molecule has 0 N–H and O–H groups in total. The van der Waals surface area contributed by atoms with Gasteiger partial charge in [-0.2, -0.15) is 0 Å². The van der Waals surface area contributed by atoms with Crippen LogP contribution < -0.4 is 4.74 Å². The van der Waals surface area contributed by atoms with Gasteiger partial charge in [-0.05, 0) is 42.8 Å². The van der Waals surface area contributed by atoms with Gasteiger partial charge in [-0.15, -0.1) is 16.4 Å². The van der Waals surface area contributed by atoms with Crippen LogP contribution in [-0.2, 0) is 11.3 Å².